The molecule has 2 nitrogen and oxygen atoms in total. The fraction of sp³-hybridized carbons (Fsp3) is 0.647. The molecule has 0 spiro atoms. The van der Waals surface area contributed by atoms with Crippen molar-refractivity contribution >= 4 is 0 Å². The van der Waals surface area contributed by atoms with Crippen molar-refractivity contribution in [2.45, 2.75) is 59.2 Å². The molecule has 1 fully saturated rings. The van der Waals surface area contributed by atoms with Crippen LogP contribution < -0.4 is 4.74 Å². The van der Waals surface area contributed by atoms with Crippen LogP contribution >= 0.6 is 0 Å². The molecule has 3 atom stereocenters. The van der Waals surface area contributed by atoms with Gasteiger partial charge in [-0.15, -0.1) is 0 Å². The van der Waals surface area contributed by atoms with Crippen LogP contribution in [0.5, 0.6) is 5.75 Å². The molecule has 19 heavy (non-hydrogen) atoms. The van der Waals surface area contributed by atoms with Crippen LogP contribution in [0.1, 0.15) is 45.2 Å². The van der Waals surface area contributed by atoms with Gasteiger partial charge in [-0.05, 0) is 55.4 Å². The van der Waals surface area contributed by atoms with E-state index in [1.54, 1.807) is 0 Å². The summed E-state index contributed by atoms with van der Waals surface area (Å²) in [5.74, 6) is 1.61. The highest BCUT2D eigenvalue weighted by Crippen LogP contribution is 2.32. The van der Waals surface area contributed by atoms with Gasteiger partial charge in [-0.3, -0.25) is 0 Å². The molecular weight excluding hydrogens is 236 g/mol. The molecule has 0 aromatic heterocycles. The highest BCUT2D eigenvalue weighted by molar-refractivity contribution is 5.36. The highest BCUT2D eigenvalue weighted by Gasteiger charge is 2.38. The first-order valence-corrected chi connectivity index (χ1v) is 7.55. The van der Waals surface area contributed by atoms with Gasteiger partial charge >= 0.3 is 0 Å². The van der Waals surface area contributed by atoms with Crippen molar-refractivity contribution in [3.8, 4) is 5.75 Å². The average molecular weight is 262 g/mol. The zero-order valence-electron chi connectivity index (χ0n) is 12.6. The van der Waals surface area contributed by atoms with E-state index < -0.39 is 0 Å². The van der Waals surface area contributed by atoms with Crippen molar-refractivity contribution in [1.29, 1.82) is 0 Å². The Balaban J connectivity index is 2.03. The molecule has 106 valence electrons. The highest BCUT2D eigenvalue weighted by atomic mass is 16.6. The van der Waals surface area contributed by atoms with E-state index in [2.05, 4.69) is 45.9 Å². The summed E-state index contributed by atoms with van der Waals surface area (Å²) in [5.41, 5.74) is 2.86. The van der Waals surface area contributed by atoms with Crippen LogP contribution in [0, 0.1) is 5.92 Å². The fourth-order valence-corrected chi connectivity index (χ4v) is 2.70. The van der Waals surface area contributed by atoms with E-state index in [4.69, 9.17) is 9.47 Å². The summed E-state index contributed by atoms with van der Waals surface area (Å²) in [6, 6.07) is 6.54. The number of hydrogen-bond donors (Lipinski definition) is 0. The predicted octanol–water partition coefficient (Wildman–Crippen LogP) is 4.00. The molecule has 1 saturated heterocycles. The maximum Gasteiger partial charge on any atom is 0.119 e. The van der Waals surface area contributed by atoms with Crippen LogP contribution in [0.2, 0.25) is 0 Å². The van der Waals surface area contributed by atoms with E-state index in [-0.39, 0.29) is 0 Å². The Morgan fingerprint density at radius 1 is 1.26 bits per heavy atom. The Labute approximate surface area is 117 Å². The Hall–Kier alpha value is -1.02. The number of aryl methyl sites for hydroxylation is 1. The lowest BCUT2D eigenvalue weighted by atomic mass is 9.92. The first-order chi connectivity index (χ1) is 9.15. The molecule has 1 aromatic rings. The summed E-state index contributed by atoms with van der Waals surface area (Å²) in [6.07, 6.45) is 4.13. The number of hydrogen-bond acceptors (Lipinski definition) is 2. The van der Waals surface area contributed by atoms with Crippen LogP contribution in [0.25, 0.3) is 0 Å². The molecule has 0 N–H and O–H groups in total. The molecular formula is C17H26O2. The number of rotatable bonds is 7. The van der Waals surface area contributed by atoms with Gasteiger partial charge in [-0.25, -0.2) is 0 Å². The van der Waals surface area contributed by atoms with Crippen LogP contribution in [0.15, 0.2) is 18.2 Å². The van der Waals surface area contributed by atoms with E-state index >= 15 is 0 Å². The quantitative estimate of drug-likeness (QED) is 0.693. The Morgan fingerprint density at radius 2 is 2.00 bits per heavy atom. The molecule has 1 aliphatic rings. The second kappa shape index (κ2) is 6.42. The maximum atomic E-state index is 5.71. The SMILES string of the molecule is CCCOc1ccc(CC(C)C2OC2C)c(CC)c1. The van der Waals surface area contributed by atoms with Gasteiger partial charge < -0.3 is 9.47 Å². The summed E-state index contributed by atoms with van der Waals surface area (Å²) >= 11 is 0. The molecule has 0 saturated carbocycles. The average Bonchev–Trinajstić information content (AvgIpc) is 3.14. The first kappa shape index (κ1) is 14.4. The standard InChI is InChI=1S/C17H26O2/c1-5-9-18-16-8-7-15(14(6-2)11-16)10-12(3)17-13(4)19-17/h7-8,11-13,17H,5-6,9-10H2,1-4H3. The Morgan fingerprint density at radius 3 is 2.58 bits per heavy atom. The smallest absolute Gasteiger partial charge is 0.119 e. The number of benzene rings is 1. The lowest BCUT2D eigenvalue weighted by molar-refractivity contribution is 0.316. The van der Waals surface area contributed by atoms with Gasteiger partial charge in [0, 0.05) is 0 Å². The number of ether oxygens (including phenoxy) is 2. The van der Waals surface area contributed by atoms with E-state index in [9.17, 15) is 0 Å². The Kier molecular flexibility index (Phi) is 4.87. The summed E-state index contributed by atoms with van der Waals surface area (Å²) in [5, 5.41) is 0. The van der Waals surface area contributed by atoms with Gasteiger partial charge in [0.25, 0.3) is 0 Å². The molecule has 3 unspecified atom stereocenters. The molecule has 2 rings (SSSR count). The molecule has 1 aromatic carbocycles. The summed E-state index contributed by atoms with van der Waals surface area (Å²) in [7, 11) is 0. The van der Waals surface area contributed by atoms with Gasteiger partial charge in [-0.1, -0.05) is 26.8 Å². The molecule has 0 aliphatic carbocycles. The molecule has 0 radical (unpaired) electrons. The molecule has 0 amide bonds. The lowest BCUT2D eigenvalue weighted by Crippen LogP contribution is -2.10. The van der Waals surface area contributed by atoms with Crippen LogP contribution in [-0.2, 0) is 17.6 Å². The van der Waals surface area contributed by atoms with Gasteiger partial charge in [-0.2, -0.15) is 0 Å². The zero-order chi connectivity index (χ0) is 13.8. The van der Waals surface area contributed by atoms with Gasteiger partial charge in [0.05, 0.1) is 18.8 Å². The minimum atomic E-state index is 0.451. The molecule has 1 heterocycles. The fourth-order valence-electron chi connectivity index (χ4n) is 2.70. The third-order valence-corrected chi connectivity index (χ3v) is 3.89. The topological polar surface area (TPSA) is 21.8 Å². The minimum absolute atomic E-state index is 0.451. The maximum absolute atomic E-state index is 5.71. The van der Waals surface area contributed by atoms with E-state index in [0.717, 1.165) is 31.6 Å². The van der Waals surface area contributed by atoms with Gasteiger partial charge in [0.2, 0.25) is 0 Å². The van der Waals surface area contributed by atoms with Crippen LogP contribution in [0.4, 0.5) is 0 Å². The zero-order valence-corrected chi connectivity index (χ0v) is 12.6. The predicted molar refractivity (Wildman–Crippen MR) is 78.8 cm³/mol. The largest absolute Gasteiger partial charge is 0.494 e. The number of epoxide rings is 1. The minimum Gasteiger partial charge on any atom is -0.494 e. The van der Waals surface area contributed by atoms with E-state index in [1.165, 1.54) is 11.1 Å². The van der Waals surface area contributed by atoms with Crippen molar-refractivity contribution in [2.75, 3.05) is 6.61 Å². The van der Waals surface area contributed by atoms with Crippen LogP contribution in [-0.4, -0.2) is 18.8 Å². The molecule has 1 aliphatic heterocycles. The third kappa shape index (κ3) is 3.73. The van der Waals surface area contributed by atoms with Crippen molar-refractivity contribution in [1.82, 2.24) is 0 Å². The van der Waals surface area contributed by atoms with Crippen molar-refractivity contribution in [2.24, 2.45) is 5.92 Å². The summed E-state index contributed by atoms with van der Waals surface area (Å²) in [6.45, 7) is 9.59. The van der Waals surface area contributed by atoms with Crippen molar-refractivity contribution < 1.29 is 9.47 Å². The molecule has 0 bridgehead atoms. The lowest BCUT2D eigenvalue weighted by Gasteiger charge is -2.14. The third-order valence-electron chi connectivity index (χ3n) is 3.89. The van der Waals surface area contributed by atoms with E-state index in [1.807, 2.05) is 0 Å². The summed E-state index contributed by atoms with van der Waals surface area (Å²) in [4.78, 5) is 0. The van der Waals surface area contributed by atoms with Gasteiger partial charge in [0.1, 0.15) is 5.75 Å². The van der Waals surface area contributed by atoms with Gasteiger partial charge in [0.15, 0.2) is 0 Å². The Bertz CT molecular complexity index is 414. The monoisotopic (exact) mass is 262 g/mol. The van der Waals surface area contributed by atoms with Crippen molar-refractivity contribution in [3.63, 3.8) is 0 Å². The van der Waals surface area contributed by atoms with Crippen LogP contribution in [0.3, 0.4) is 0 Å². The van der Waals surface area contributed by atoms with E-state index in [0.29, 0.717) is 18.1 Å². The second-order valence-electron chi connectivity index (χ2n) is 5.62. The normalized spacial score (nSPS) is 23.2. The first-order valence-electron chi connectivity index (χ1n) is 7.55. The summed E-state index contributed by atoms with van der Waals surface area (Å²) < 4.78 is 11.3. The van der Waals surface area contributed by atoms with Crippen molar-refractivity contribution in [3.05, 3.63) is 29.3 Å². The molecule has 2 heteroatoms. The second-order valence-corrected chi connectivity index (χ2v) is 5.62.